The molecule has 0 aromatic heterocycles. The lowest BCUT2D eigenvalue weighted by Crippen LogP contribution is -1.97. The van der Waals surface area contributed by atoms with Crippen LogP contribution < -0.4 is 0 Å². The lowest BCUT2D eigenvalue weighted by atomic mass is 9.92. The van der Waals surface area contributed by atoms with Crippen LogP contribution >= 0.6 is 0 Å². The molecule has 1 aromatic rings. The molecule has 0 unspecified atom stereocenters. The Balaban J connectivity index is 3.15. The van der Waals surface area contributed by atoms with Crippen molar-refractivity contribution in [3.8, 4) is 0 Å². The number of esters is 1. The van der Waals surface area contributed by atoms with Gasteiger partial charge in [0.15, 0.2) is 0 Å². The van der Waals surface area contributed by atoms with Gasteiger partial charge < -0.3 is 4.74 Å². The van der Waals surface area contributed by atoms with Gasteiger partial charge in [-0.3, -0.25) is 0 Å². The van der Waals surface area contributed by atoms with Crippen LogP contribution in [0.15, 0.2) is 24.3 Å². The number of carbonyl (C=O) groups excluding carboxylic acids is 1. The highest BCUT2D eigenvalue weighted by molar-refractivity contribution is 5.87. The van der Waals surface area contributed by atoms with Gasteiger partial charge in [-0.05, 0) is 34.6 Å². The van der Waals surface area contributed by atoms with Crippen molar-refractivity contribution < 1.29 is 9.53 Å². The van der Waals surface area contributed by atoms with Crippen LogP contribution in [0, 0.1) is 0 Å². The summed E-state index contributed by atoms with van der Waals surface area (Å²) in [6, 6.07) is 6.46. The molecule has 1 aromatic carbocycles. The maximum absolute atomic E-state index is 11.2. The molecule has 0 N–H and O–H groups in total. The van der Waals surface area contributed by atoms with Crippen LogP contribution in [-0.2, 0) is 9.53 Å². The van der Waals surface area contributed by atoms with Crippen LogP contribution in [0.4, 0.5) is 0 Å². The van der Waals surface area contributed by atoms with E-state index >= 15 is 0 Å². The van der Waals surface area contributed by atoms with Gasteiger partial charge in [0, 0.05) is 6.08 Å². The number of hydrogen-bond donors (Lipinski definition) is 0. The SMILES string of the molecule is COC(=O)C=Cc1cc(C(C)C)ccc1C(C)C. The zero-order valence-electron chi connectivity index (χ0n) is 11.9. The summed E-state index contributed by atoms with van der Waals surface area (Å²) in [6.45, 7) is 8.64. The maximum atomic E-state index is 11.2. The third kappa shape index (κ3) is 3.73. The molecule has 0 aliphatic carbocycles. The van der Waals surface area contributed by atoms with Crippen molar-refractivity contribution in [3.05, 3.63) is 41.0 Å². The Hall–Kier alpha value is -1.57. The fraction of sp³-hybridized carbons (Fsp3) is 0.438. The molecule has 2 heteroatoms. The Morgan fingerprint density at radius 2 is 1.83 bits per heavy atom. The van der Waals surface area contributed by atoms with Crippen molar-refractivity contribution in [2.75, 3.05) is 7.11 Å². The van der Waals surface area contributed by atoms with Crippen LogP contribution in [0.25, 0.3) is 6.08 Å². The summed E-state index contributed by atoms with van der Waals surface area (Å²) in [7, 11) is 1.39. The monoisotopic (exact) mass is 246 g/mol. The van der Waals surface area contributed by atoms with Gasteiger partial charge in [0.2, 0.25) is 0 Å². The molecule has 98 valence electrons. The van der Waals surface area contributed by atoms with E-state index in [1.54, 1.807) is 0 Å². The number of ether oxygens (including phenoxy) is 1. The minimum Gasteiger partial charge on any atom is -0.466 e. The van der Waals surface area contributed by atoms with Gasteiger partial charge in [-0.1, -0.05) is 45.9 Å². The van der Waals surface area contributed by atoms with E-state index in [-0.39, 0.29) is 5.97 Å². The van der Waals surface area contributed by atoms with Crippen LogP contribution in [0.5, 0.6) is 0 Å². The third-order valence-corrected chi connectivity index (χ3v) is 3.00. The van der Waals surface area contributed by atoms with Gasteiger partial charge in [0.1, 0.15) is 0 Å². The zero-order valence-corrected chi connectivity index (χ0v) is 11.9. The number of rotatable bonds is 4. The van der Waals surface area contributed by atoms with Gasteiger partial charge in [0.05, 0.1) is 7.11 Å². The van der Waals surface area contributed by atoms with E-state index < -0.39 is 0 Å². The second-order valence-corrected chi connectivity index (χ2v) is 5.05. The average Bonchev–Trinajstić information content (AvgIpc) is 2.35. The van der Waals surface area contributed by atoms with E-state index in [4.69, 9.17) is 0 Å². The standard InChI is InChI=1S/C16H22O2/c1-11(2)13-6-8-15(12(3)4)14(10-13)7-9-16(17)18-5/h6-12H,1-5H3. The summed E-state index contributed by atoms with van der Waals surface area (Å²) < 4.78 is 4.62. The highest BCUT2D eigenvalue weighted by Crippen LogP contribution is 2.25. The highest BCUT2D eigenvalue weighted by atomic mass is 16.5. The van der Waals surface area contributed by atoms with Crippen molar-refractivity contribution in [1.29, 1.82) is 0 Å². The molecule has 0 radical (unpaired) electrons. The predicted octanol–water partition coefficient (Wildman–Crippen LogP) is 4.12. The predicted molar refractivity (Wildman–Crippen MR) is 75.7 cm³/mol. The summed E-state index contributed by atoms with van der Waals surface area (Å²) >= 11 is 0. The number of carbonyl (C=O) groups is 1. The Bertz CT molecular complexity index is 442. The largest absolute Gasteiger partial charge is 0.466 e. The Labute approximate surface area is 110 Å². The van der Waals surface area contributed by atoms with Crippen LogP contribution in [-0.4, -0.2) is 13.1 Å². The van der Waals surface area contributed by atoms with Crippen molar-refractivity contribution in [1.82, 2.24) is 0 Å². The smallest absolute Gasteiger partial charge is 0.330 e. The van der Waals surface area contributed by atoms with E-state index in [0.717, 1.165) is 5.56 Å². The Morgan fingerprint density at radius 3 is 2.33 bits per heavy atom. The molecule has 1 rings (SSSR count). The molecule has 0 amide bonds. The molecule has 0 bridgehead atoms. The van der Waals surface area contributed by atoms with Gasteiger partial charge in [-0.15, -0.1) is 0 Å². The molecule has 2 nitrogen and oxygen atoms in total. The first-order chi connectivity index (χ1) is 8.45. The van der Waals surface area contributed by atoms with E-state index in [0.29, 0.717) is 11.8 Å². The summed E-state index contributed by atoms with van der Waals surface area (Å²) in [5, 5.41) is 0. The zero-order chi connectivity index (χ0) is 13.7. The van der Waals surface area contributed by atoms with Gasteiger partial charge in [0.25, 0.3) is 0 Å². The van der Waals surface area contributed by atoms with E-state index in [9.17, 15) is 4.79 Å². The molecule has 0 heterocycles. The van der Waals surface area contributed by atoms with E-state index in [1.807, 2.05) is 6.08 Å². The molecular weight excluding hydrogens is 224 g/mol. The lowest BCUT2D eigenvalue weighted by molar-refractivity contribution is -0.134. The highest BCUT2D eigenvalue weighted by Gasteiger charge is 2.07. The second-order valence-electron chi connectivity index (χ2n) is 5.05. The Morgan fingerprint density at radius 1 is 1.17 bits per heavy atom. The summed E-state index contributed by atoms with van der Waals surface area (Å²) in [4.78, 5) is 11.2. The van der Waals surface area contributed by atoms with Crippen molar-refractivity contribution in [2.45, 2.75) is 39.5 Å². The quantitative estimate of drug-likeness (QED) is 0.590. The minimum absolute atomic E-state index is 0.320. The molecule has 0 spiro atoms. The maximum Gasteiger partial charge on any atom is 0.330 e. The number of hydrogen-bond acceptors (Lipinski definition) is 2. The first-order valence-corrected chi connectivity index (χ1v) is 6.35. The van der Waals surface area contributed by atoms with Crippen molar-refractivity contribution >= 4 is 12.0 Å². The fourth-order valence-corrected chi connectivity index (χ4v) is 1.85. The van der Waals surface area contributed by atoms with Crippen molar-refractivity contribution in [2.24, 2.45) is 0 Å². The van der Waals surface area contributed by atoms with Crippen molar-refractivity contribution in [3.63, 3.8) is 0 Å². The molecule has 0 aliphatic rings. The normalized spacial score (nSPS) is 11.5. The minimum atomic E-state index is -0.320. The molecule has 0 aliphatic heterocycles. The van der Waals surface area contributed by atoms with E-state index in [1.165, 1.54) is 24.3 Å². The molecule has 0 saturated heterocycles. The molecule has 18 heavy (non-hydrogen) atoms. The molecular formula is C16H22O2. The average molecular weight is 246 g/mol. The first-order valence-electron chi connectivity index (χ1n) is 6.35. The second kappa shape index (κ2) is 6.39. The van der Waals surface area contributed by atoms with Gasteiger partial charge >= 0.3 is 5.97 Å². The summed E-state index contributed by atoms with van der Waals surface area (Å²) in [5.74, 6) is 0.597. The summed E-state index contributed by atoms with van der Waals surface area (Å²) in [6.07, 6.45) is 3.32. The number of methoxy groups -OCH3 is 1. The summed E-state index contributed by atoms with van der Waals surface area (Å²) in [5.41, 5.74) is 3.63. The van der Waals surface area contributed by atoms with Gasteiger partial charge in [-0.2, -0.15) is 0 Å². The van der Waals surface area contributed by atoms with Crippen LogP contribution in [0.2, 0.25) is 0 Å². The van der Waals surface area contributed by atoms with Crippen LogP contribution in [0.1, 0.15) is 56.2 Å². The lowest BCUT2D eigenvalue weighted by Gasteiger charge is -2.13. The third-order valence-electron chi connectivity index (χ3n) is 3.00. The molecule has 0 saturated carbocycles. The van der Waals surface area contributed by atoms with E-state index in [2.05, 4.69) is 50.6 Å². The number of benzene rings is 1. The fourth-order valence-electron chi connectivity index (χ4n) is 1.85. The molecule has 0 fully saturated rings. The first kappa shape index (κ1) is 14.5. The van der Waals surface area contributed by atoms with Crippen LogP contribution in [0.3, 0.4) is 0 Å². The Kier molecular flexibility index (Phi) is 5.14. The van der Waals surface area contributed by atoms with Gasteiger partial charge in [-0.25, -0.2) is 4.79 Å². The topological polar surface area (TPSA) is 26.3 Å². The molecule has 0 atom stereocenters.